The molecule has 1 saturated heterocycles. The summed E-state index contributed by atoms with van der Waals surface area (Å²) in [6, 6.07) is 25.8. The summed E-state index contributed by atoms with van der Waals surface area (Å²) >= 11 is 0. The average molecular weight is 665 g/mol. The van der Waals surface area contributed by atoms with Gasteiger partial charge in [-0.15, -0.1) is 0 Å². The van der Waals surface area contributed by atoms with E-state index in [1.807, 2.05) is 34.1 Å². The summed E-state index contributed by atoms with van der Waals surface area (Å²) in [6.07, 6.45) is 1.03. The number of amides is 1. The Morgan fingerprint density at radius 3 is 1.92 bits per heavy atom. The Balaban J connectivity index is 1.18. The Morgan fingerprint density at radius 2 is 1.33 bits per heavy atom. The first kappa shape index (κ1) is 32.6. The predicted octanol–water partition coefficient (Wildman–Crippen LogP) is 7.65. The van der Waals surface area contributed by atoms with Gasteiger partial charge >= 0.3 is 0 Å². The fraction of sp³-hybridized carbons (Fsp3) is 0.300. The van der Waals surface area contributed by atoms with Gasteiger partial charge in [-0.3, -0.25) is 14.5 Å². The predicted molar refractivity (Wildman–Crippen MR) is 184 cm³/mol. The van der Waals surface area contributed by atoms with Crippen LogP contribution in [0.1, 0.15) is 55.5 Å². The maximum Gasteiger partial charge on any atom is 0.242 e. The number of rotatable bonds is 6. The van der Waals surface area contributed by atoms with E-state index >= 15 is 0 Å². The highest BCUT2D eigenvalue weighted by Gasteiger charge is 2.42. The zero-order valence-corrected chi connectivity index (χ0v) is 27.6. The van der Waals surface area contributed by atoms with E-state index in [0.717, 1.165) is 33.8 Å². The highest BCUT2D eigenvalue weighted by Crippen LogP contribution is 2.48. The van der Waals surface area contributed by atoms with Crippen molar-refractivity contribution in [3.8, 4) is 0 Å². The third kappa shape index (κ3) is 6.72. The molecule has 6 nitrogen and oxygen atoms in total. The molecule has 4 aromatic rings. The summed E-state index contributed by atoms with van der Waals surface area (Å²) in [5.74, 6) is -1.11. The van der Waals surface area contributed by atoms with E-state index in [1.54, 1.807) is 36.4 Å². The SMILES string of the molecule is CC1(C)CC(=O)C2=C(C1)Nc1ccccc1N(CC(=O)N1CCN(C(c3ccc(F)cc3)c3ccc(F)cc3)CC1)C2c1ccc(F)cc1. The van der Waals surface area contributed by atoms with Crippen LogP contribution in [0.4, 0.5) is 24.5 Å². The summed E-state index contributed by atoms with van der Waals surface area (Å²) in [5.41, 5.74) is 5.30. The van der Waals surface area contributed by atoms with Gasteiger partial charge in [0, 0.05) is 43.9 Å². The van der Waals surface area contributed by atoms with Crippen LogP contribution >= 0.6 is 0 Å². The van der Waals surface area contributed by atoms with Crippen molar-refractivity contribution in [3.05, 3.63) is 142 Å². The first-order valence-corrected chi connectivity index (χ1v) is 16.7. The topological polar surface area (TPSA) is 55.9 Å². The van der Waals surface area contributed by atoms with Crippen LogP contribution in [0.3, 0.4) is 0 Å². The van der Waals surface area contributed by atoms with Crippen LogP contribution in [-0.2, 0) is 9.59 Å². The number of nitrogens with one attached hydrogen (secondary N) is 1. The summed E-state index contributed by atoms with van der Waals surface area (Å²) < 4.78 is 41.9. The number of carbonyl (C=O) groups excluding carboxylic acids is 2. The minimum absolute atomic E-state index is 0.00748. The second-order valence-electron chi connectivity index (χ2n) is 14.0. The molecule has 1 N–H and O–H groups in total. The number of hydrogen-bond acceptors (Lipinski definition) is 5. The van der Waals surface area contributed by atoms with Gasteiger partial charge in [-0.05, 0) is 77.1 Å². The quantitative estimate of drug-likeness (QED) is 0.230. The van der Waals surface area contributed by atoms with Crippen molar-refractivity contribution in [1.82, 2.24) is 9.80 Å². The Bertz CT molecular complexity index is 1840. The van der Waals surface area contributed by atoms with Crippen LogP contribution in [0.15, 0.2) is 108 Å². The van der Waals surface area contributed by atoms with E-state index in [9.17, 15) is 22.8 Å². The fourth-order valence-electron chi connectivity index (χ4n) is 7.60. The van der Waals surface area contributed by atoms with Gasteiger partial charge in [-0.2, -0.15) is 0 Å². The second kappa shape index (κ2) is 13.2. The molecule has 1 amide bonds. The number of nitrogens with zero attached hydrogens (tertiary/aromatic N) is 3. The molecule has 1 atom stereocenters. The van der Waals surface area contributed by atoms with E-state index in [4.69, 9.17) is 0 Å². The van der Waals surface area contributed by atoms with Crippen molar-refractivity contribution in [2.24, 2.45) is 5.41 Å². The van der Waals surface area contributed by atoms with E-state index in [0.29, 0.717) is 44.6 Å². The monoisotopic (exact) mass is 664 g/mol. The lowest BCUT2D eigenvalue weighted by molar-refractivity contribution is -0.131. The lowest BCUT2D eigenvalue weighted by atomic mass is 9.73. The standard InChI is InChI=1S/C40H39F3N4O2/c1-40(2)23-33-37(35(48)24-40)39(28-11-17-31(43)18-12-28)47(34-6-4-3-5-32(34)44-33)25-36(49)45-19-21-46(22-20-45)38(26-7-13-29(41)14-8-26)27-9-15-30(42)16-10-27/h3-18,38-39,44H,19-25H2,1-2H3. The minimum atomic E-state index is -0.595. The zero-order chi connectivity index (χ0) is 34.3. The van der Waals surface area contributed by atoms with Gasteiger partial charge in [-0.25, -0.2) is 13.2 Å². The van der Waals surface area contributed by atoms with Crippen LogP contribution in [0.5, 0.6) is 0 Å². The van der Waals surface area contributed by atoms with E-state index in [2.05, 4.69) is 24.1 Å². The van der Waals surface area contributed by atoms with Crippen LogP contribution in [0.2, 0.25) is 0 Å². The number of ketones is 1. The van der Waals surface area contributed by atoms with Gasteiger partial charge in [0.15, 0.2) is 5.78 Å². The number of allylic oxidation sites excluding steroid dienone is 1. The van der Waals surface area contributed by atoms with E-state index < -0.39 is 6.04 Å². The van der Waals surface area contributed by atoms with E-state index in [1.165, 1.54) is 36.4 Å². The molecule has 7 rings (SSSR count). The van der Waals surface area contributed by atoms with Crippen LogP contribution < -0.4 is 10.2 Å². The molecule has 1 fully saturated rings. The molecule has 49 heavy (non-hydrogen) atoms. The second-order valence-corrected chi connectivity index (χ2v) is 14.0. The van der Waals surface area contributed by atoms with Gasteiger partial charge < -0.3 is 15.1 Å². The highest BCUT2D eigenvalue weighted by molar-refractivity contribution is 6.02. The van der Waals surface area contributed by atoms with Crippen molar-refractivity contribution >= 4 is 23.1 Å². The van der Waals surface area contributed by atoms with Crippen LogP contribution in [0, 0.1) is 22.9 Å². The molecule has 252 valence electrons. The lowest BCUT2D eigenvalue weighted by Crippen LogP contribution is -2.52. The number of carbonyl (C=O) groups is 2. The number of halogens is 3. The smallest absolute Gasteiger partial charge is 0.242 e. The molecule has 0 bridgehead atoms. The third-order valence-electron chi connectivity index (χ3n) is 9.90. The largest absolute Gasteiger partial charge is 0.357 e. The van der Waals surface area contributed by atoms with Gasteiger partial charge in [0.2, 0.25) is 5.91 Å². The van der Waals surface area contributed by atoms with Gasteiger partial charge in [-0.1, -0.05) is 62.4 Å². The summed E-state index contributed by atoms with van der Waals surface area (Å²) in [6.45, 7) is 6.17. The summed E-state index contributed by atoms with van der Waals surface area (Å²) in [7, 11) is 0. The molecule has 4 aromatic carbocycles. The van der Waals surface area contributed by atoms with Crippen molar-refractivity contribution in [1.29, 1.82) is 0 Å². The number of fused-ring (bicyclic) bond motifs is 1. The molecular weight excluding hydrogens is 625 g/mol. The maximum atomic E-state index is 14.3. The average Bonchev–Trinajstić information content (AvgIpc) is 3.21. The number of hydrogen-bond donors (Lipinski definition) is 1. The molecular formula is C40H39F3N4O2. The molecule has 2 heterocycles. The number of piperazine rings is 1. The Hall–Kier alpha value is -4.89. The zero-order valence-electron chi connectivity index (χ0n) is 27.6. The Labute approximate surface area is 284 Å². The molecule has 3 aliphatic rings. The first-order chi connectivity index (χ1) is 23.6. The van der Waals surface area contributed by atoms with Gasteiger partial charge in [0.05, 0.1) is 30.0 Å². The molecule has 9 heteroatoms. The van der Waals surface area contributed by atoms with Crippen molar-refractivity contribution < 1.29 is 22.8 Å². The number of Topliss-reactive ketones (excluding diaryl/α,β-unsaturated/α-hetero) is 1. The van der Waals surface area contributed by atoms with Crippen LogP contribution in [0.25, 0.3) is 0 Å². The van der Waals surface area contributed by atoms with Gasteiger partial charge in [0.1, 0.15) is 17.5 Å². The fourth-order valence-corrected chi connectivity index (χ4v) is 7.60. The molecule has 1 unspecified atom stereocenters. The van der Waals surface area contributed by atoms with E-state index in [-0.39, 0.29) is 47.1 Å². The first-order valence-electron chi connectivity index (χ1n) is 16.7. The summed E-state index contributed by atoms with van der Waals surface area (Å²) in [5, 5.41) is 3.56. The highest BCUT2D eigenvalue weighted by atomic mass is 19.1. The Kier molecular flexibility index (Phi) is 8.79. The molecule has 0 aromatic heterocycles. The summed E-state index contributed by atoms with van der Waals surface area (Å²) in [4.78, 5) is 34.3. The minimum Gasteiger partial charge on any atom is -0.357 e. The number of benzene rings is 4. The Morgan fingerprint density at radius 1 is 0.776 bits per heavy atom. The normalized spacial score (nSPS) is 19.3. The lowest BCUT2D eigenvalue weighted by Gasteiger charge is -2.41. The molecule has 0 saturated carbocycles. The van der Waals surface area contributed by atoms with Gasteiger partial charge in [0.25, 0.3) is 0 Å². The van der Waals surface area contributed by atoms with Crippen molar-refractivity contribution in [2.45, 2.75) is 38.8 Å². The number of anilines is 2. The molecule has 2 aliphatic heterocycles. The van der Waals surface area contributed by atoms with Crippen molar-refractivity contribution in [2.75, 3.05) is 42.9 Å². The third-order valence-corrected chi connectivity index (χ3v) is 9.90. The van der Waals surface area contributed by atoms with Crippen LogP contribution in [-0.4, -0.2) is 54.2 Å². The molecule has 1 aliphatic carbocycles. The molecule has 0 spiro atoms. The molecule has 0 radical (unpaired) electrons. The maximum absolute atomic E-state index is 14.3. The van der Waals surface area contributed by atoms with Crippen molar-refractivity contribution in [3.63, 3.8) is 0 Å². The number of para-hydroxylation sites is 2.